The van der Waals surface area contributed by atoms with Crippen LogP contribution in [0.3, 0.4) is 0 Å². The van der Waals surface area contributed by atoms with E-state index in [9.17, 15) is 9.59 Å². The Kier molecular flexibility index (Phi) is 3.69. The van der Waals surface area contributed by atoms with Gasteiger partial charge in [-0.05, 0) is 20.8 Å². The maximum absolute atomic E-state index is 12.0. The molecule has 110 valence electrons. The van der Waals surface area contributed by atoms with Gasteiger partial charge < -0.3 is 14.0 Å². The highest BCUT2D eigenvalue weighted by atomic mass is 16.6. The number of nitrogens with zero attached hydrogens (tertiary/aromatic N) is 3. The Morgan fingerprint density at radius 1 is 1.30 bits per heavy atom. The van der Waals surface area contributed by atoms with Gasteiger partial charge in [0, 0.05) is 13.1 Å². The zero-order valence-corrected chi connectivity index (χ0v) is 12.2. The summed E-state index contributed by atoms with van der Waals surface area (Å²) in [5.74, 6) is 0.233. The fraction of sp³-hybridized carbons (Fsp3) is 0.615. The molecule has 0 atom stereocenters. The van der Waals surface area contributed by atoms with Crippen molar-refractivity contribution < 1.29 is 19.1 Å². The molecule has 0 aromatic carbocycles. The molecule has 0 spiro atoms. The lowest BCUT2D eigenvalue weighted by Crippen LogP contribution is -2.42. The molecule has 0 N–H and O–H groups in total. The van der Waals surface area contributed by atoms with Crippen molar-refractivity contribution in [1.82, 2.24) is 14.5 Å². The van der Waals surface area contributed by atoms with Gasteiger partial charge in [-0.1, -0.05) is 0 Å². The van der Waals surface area contributed by atoms with Crippen LogP contribution in [-0.4, -0.2) is 45.8 Å². The molecule has 1 aliphatic rings. The first-order valence-corrected chi connectivity index (χ1v) is 6.42. The summed E-state index contributed by atoms with van der Waals surface area (Å²) >= 11 is 0. The second kappa shape index (κ2) is 5.15. The molecule has 1 amide bonds. The molecule has 7 nitrogen and oxygen atoms in total. The molecule has 0 saturated carbocycles. The van der Waals surface area contributed by atoms with Crippen molar-refractivity contribution in [2.24, 2.45) is 0 Å². The van der Waals surface area contributed by atoms with Crippen LogP contribution in [0.1, 0.15) is 37.1 Å². The molecule has 0 aliphatic carbocycles. The first-order valence-electron chi connectivity index (χ1n) is 6.42. The number of esters is 1. The third-order valence-corrected chi connectivity index (χ3v) is 2.91. The minimum atomic E-state index is -0.527. The lowest BCUT2D eigenvalue weighted by molar-refractivity contribution is 0.0194. The molecular formula is C13H19N3O4. The molecule has 1 aromatic rings. The van der Waals surface area contributed by atoms with Gasteiger partial charge >= 0.3 is 12.1 Å². The van der Waals surface area contributed by atoms with Gasteiger partial charge in [-0.3, -0.25) is 4.90 Å². The predicted octanol–water partition coefficient (Wildman–Crippen LogP) is 1.42. The van der Waals surface area contributed by atoms with E-state index in [0.717, 1.165) is 0 Å². The van der Waals surface area contributed by atoms with E-state index in [1.165, 1.54) is 13.3 Å². The molecule has 2 rings (SSSR count). The van der Waals surface area contributed by atoms with E-state index in [4.69, 9.17) is 9.47 Å². The van der Waals surface area contributed by atoms with Crippen LogP contribution in [0.4, 0.5) is 4.79 Å². The van der Waals surface area contributed by atoms with E-state index in [2.05, 4.69) is 4.98 Å². The maximum Gasteiger partial charge on any atom is 0.410 e. The summed E-state index contributed by atoms with van der Waals surface area (Å²) in [5.41, 5.74) is -0.118. The van der Waals surface area contributed by atoms with Gasteiger partial charge in [-0.25, -0.2) is 14.6 Å². The molecule has 0 bridgehead atoms. The number of hydrogen-bond donors (Lipinski definition) is 0. The third kappa shape index (κ3) is 2.92. The Morgan fingerprint density at radius 3 is 2.60 bits per heavy atom. The summed E-state index contributed by atoms with van der Waals surface area (Å²) < 4.78 is 11.8. The molecule has 7 heteroatoms. The number of imidazole rings is 1. The molecule has 20 heavy (non-hydrogen) atoms. The van der Waals surface area contributed by atoms with Crippen molar-refractivity contribution in [2.45, 2.75) is 39.5 Å². The minimum absolute atomic E-state index is 0.325. The lowest BCUT2D eigenvalue weighted by Gasteiger charge is -2.30. The molecule has 1 aromatic heterocycles. The van der Waals surface area contributed by atoms with Crippen LogP contribution in [0.15, 0.2) is 6.20 Å². The topological polar surface area (TPSA) is 73.7 Å². The van der Waals surface area contributed by atoms with Crippen LogP contribution in [-0.2, 0) is 22.6 Å². The van der Waals surface area contributed by atoms with E-state index in [-0.39, 0.29) is 6.09 Å². The summed E-state index contributed by atoms with van der Waals surface area (Å²) in [7, 11) is 1.33. The third-order valence-electron chi connectivity index (χ3n) is 2.91. The molecular weight excluding hydrogens is 262 g/mol. The van der Waals surface area contributed by atoms with E-state index < -0.39 is 11.6 Å². The van der Waals surface area contributed by atoms with Crippen LogP contribution in [0.5, 0.6) is 0 Å². The smallest absolute Gasteiger partial charge is 0.410 e. The van der Waals surface area contributed by atoms with E-state index in [1.807, 2.05) is 20.8 Å². The quantitative estimate of drug-likeness (QED) is 0.728. The van der Waals surface area contributed by atoms with Gasteiger partial charge in [0.25, 0.3) is 0 Å². The number of carbonyl (C=O) groups excluding carboxylic acids is 2. The maximum atomic E-state index is 12.0. The Morgan fingerprint density at radius 2 is 2.00 bits per heavy atom. The van der Waals surface area contributed by atoms with Crippen LogP contribution in [0.25, 0.3) is 0 Å². The summed E-state index contributed by atoms with van der Waals surface area (Å²) in [4.78, 5) is 29.3. The zero-order chi connectivity index (χ0) is 14.9. The summed E-state index contributed by atoms with van der Waals surface area (Å²) in [6.07, 6.45) is 1.10. The van der Waals surface area contributed by atoms with Crippen molar-refractivity contribution in [1.29, 1.82) is 0 Å². The molecule has 2 heterocycles. The van der Waals surface area contributed by atoms with Gasteiger partial charge in [0.15, 0.2) is 0 Å². The predicted molar refractivity (Wildman–Crippen MR) is 70.2 cm³/mol. The monoisotopic (exact) mass is 281 g/mol. The Labute approximate surface area is 117 Å². The van der Waals surface area contributed by atoms with E-state index in [0.29, 0.717) is 31.2 Å². The first-order chi connectivity index (χ1) is 9.31. The number of amides is 1. The van der Waals surface area contributed by atoms with Gasteiger partial charge in [0.1, 0.15) is 17.1 Å². The average Bonchev–Trinajstić information content (AvgIpc) is 2.78. The van der Waals surface area contributed by atoms with Crippen LogP contribution >= 0.6 is 0 Å². The number of rotatable bonds is 1. The van der Waals surface area contributed by atoms with Crippen molar-refractivity contribution in [2.75, 3.05) is 13.7 Å². The van der Waals surface area contributed by atoms with Crippen molar-refractivity contribution in [3.05, 3.63) is 17.7 Å². The Bertz CT molecular complexity index is 530. The van der Waals surface area contributed by atoms with Gasteiger partial charge in [0.2, 0.25) is 0 Å². The molecule has 0 radical (unpaired) electrons. The van der Waals surface area contributed by atoms with Crippen LogP contribution in [0, 0.1) is 0 Å². The standard InChI is InChI=1S/C13H19N3O4/c1-13(2,3)20-12(18)15-5-6-16-9(11(17)19-4)7-14-10(16)8-15/h7H,5-6,8H2,1-4H3. The summed E-state index contributed by atoms with van der Waals surface area (Å²) in [6.45, 7) is 6.77. The number of methoxy groups -OCH3 is 1. The number of aromatic nitrogens is 2. The van der Waals surface area contributed by atoms with Crippen LogP contribution < -0.4 is 0 Å². The second-order valence-corrected chi connectivity index (χ2v) is 5.60. The molecule has 1 aliphatic heterocycles. The summed E-state index contributed by atoms with van der Waals surface area (Å²) in [6, 6.07) is 0. The summed E-state index contributed by atoms with van der Waals surface area (Å²) in [5, 5.41) is 0. The fourth-order valence-corrected chi connectivity index (χ4v) is 2.01. The van der Waals surface area contributed by atoms with Gasteiger partial charge in [-0.2, -0.15) is 0 Å². The number of fused-ring (bicyclic) bond motifs is 1. The Hall–Kier alpha value is -2.05. The van der Waals surface area contributed by atoms with Crippen molar-refractivity contribution in [3.63, 3.8) is 0 Å². The molecule has 0 saturated heterocycles. The number of hydrogen-bond acceptors (Lipinski definition) is 5. The first kappa shape index (κ1) is 14.4. The van der Waals surface area contributed by atoms with Crippen molar-refractivity contribution in [3.8, 4) is 0 Å². The SMILES string of the molecule is COC(=O)c1cnc2n1CCN(C(=O)OC(C)(C)C)C2. The minimum Gasteiger partial charge on any atom is -0.464 e. The van der Waals surface area contributed by atoms with Gasteiger partial charge in [0.05, 0.1) is 19.9 Å². The van der Waals surface area contributed by atoms with E-state index in [1.54, 1.807) is 9.47 Å². The number of carbonyl (C=O) groups is 2. The molecule has 0 fully saturated rings. The average molecular weight is 281 g/mol. The lowest BCUT2D eigenvalue weighted by atomic mass is 10.2. The second-order valence-electron chi connectivity index (χ2n) is 5.60. The van der Waals surface area contributed by atoms with Gasteiger partial charge in [-0.15, -0.1) is 0 Å². The zero-order valence-electron chi connectivity index (χ0n) is 12.2. The highest BCUT2D eigenvalue weighted by molar-refractivity contribution is 5.87. The highest BCUT2D eigenvalue weighted by Gasteiger charge is 2.28. The fourth-order valence-electron chi connectivity index (χ4n) is 2.01. The van der Waals surface area contributed by atoms with Crippen molar-refractivity contribution >= 4 is 12.1 Å². The Balaban J connectivity index is 2.11. The number of ether oxygens (including phenoxy) is 2. The van der Waals surface area contributed by atoms with E-state index >= 15 is 0 Å². The largest absolute Gasteiger partial charge is 0.464 e. The normalized spacial score (nSPS) is 14.7. The molecule has 0 unspecified atom stereocenters. The highest BCUT2D eigenvalue weighted by Crippen LogP contribution is 2.18. The van der Waals surface area contributed by atoms with Crippen LogP contribution in [0.2, 0.25) is 0 Å².